The summed E-state index contributed by atoms with van der Waals surface area (Å²) < 4.78 is 5.62. The van der Waals surface area contributed by atoms with E-state index < -0.39 is 5.97 Å². The van der Waals surface area contributed by atoms with Crippen LogP contribution in [0.4, 0.5) is 4.79 Å². The lowest BCUT2D eigenvalue weighted by Crippen LogP contribution is -2.49. The minimum Gasteiger partial charge on any atom is -0.478 e. The van der Waals surface area contributed by atoms with E-state index in [1.165, 1.54) is 12.1 Å². The van der Waals surface area contributed by atoms with Crippen molar-refractivity contribution >= 4 is 12.0 Å². The number of carboxylic acids is 1. The normalized spacial score (nSPS) is 18.0. The van der Waals surface area contributed by atoms with Crippen molar-refractivity contribution in [2.24, 2.45) is 0 Å². The molecule has 1 aromatic rings. The maximum atomic E-state index is 12.2. The summed E-state index contributed by atoms with van der Waals surface area (Å²) in [5.41, 5.74) is 1.11. The Morgan fingerprint density at radius 3 is 2.73 bits per heavy atom. The predicted octanol–water partition coefficient (Wildman–Crippen LogP) is 2.10. The molecular weight excluding hydrogens is 284 g/mol. The van der Waals surface area contributed by atoms with Gasteiger partial charge in [0.15, 0.2) is 0 Å². The Labute approximate surface area is 130 Å². The molecule has 2 N–H and O–H groups in total. The van der Waals surface area contributed by atoms with Gasteiger partial charge < -0.3 is 20.1 Å². The van der Waals surface area contributed by atoms with Crippen LogP contribution >= 0.6 is 0 Å². The van der Waals surface area contributed by atoms with Gasteiger partial charge in [-0.3, -0.25) is 0 Å². The van der Waals surface area contributed by atoms with Gasteiger partial charge in [-0.15, -0.1) is 0 Å². The maximum Gasteiger partial charge on any atom is 0.335 e. The molecule has 1 aliphatic rings. The number of rotatable bonds is 5. The summed E-state index contributed by atoms with van der Waals surface area (Å²) in [5, 5.41) is 11.7. The molecule has 22 heavy (non-hydrogen) atoms. The monoisotopic (exact) mass is 306 g/mol. The smallest absolute Gasteiger partial charge is 0.335 e. The van der Waals surface area contributed by atoms with E-state index >= 15 is 0 Å². The molecule has 0 bridgehead atoms. The average Bonchev–Trinajstić information content (AvgIpc) is 2.53. The first kappa shape index (κ1) is 16.3. The van der Waals surface area contributed by atoms with Crippen molar-refractivity contribution in [2.75, 3.05) is 19.7 Å². The Morgan fingerprint density at radius 1 is 1.36 bits per heavy atom. The van der Waals surface area contributed by atoms with Crippen LogP contribution in [0.1, 0.15) is 35.7 Å². The van der Waals surface area contributed by atoms with Gasteiger partial charge in [0.2, 0.25) is 0 Å². The van der Waals surface area contributed by atoms with E-state index in [1.807, 2.05) is 0 Å². The molecule has 1 aromatic carbocycles. The number of ether oxygens (including phenoxy) is 1. The standard InChI is InChI=1S/C16H22N2O4/c1-2-3-14-11-18(8-9-22-14)16(21)17-10-12-4-6-13(7-5-12)15(19)20/h4-7,14H,2-3,8-11H2,1H3,(H,17,21)(H,19,20). The molecule has 0 spiro atoms. The number of benzene rings is 1. The number of nitrogens with zero attached hydrogens (tertiary/aromatic N) is 1. The largest absolute Gasteiger partial charge is 0.478 e. The number of morpholine rings is 1. The number of carbonyl (C=O) groups is 2. The van der Waals surface area contributed by atoms with E-state index in [1.54, 1.807) is 17.0 Å². The molecule has 6 heteroatoms. The number of aromatic carboxylic acids is 1. The second-order valence-corrected chi connectivity index (χ2v) is 5.39. The SMILES string of the molecule is CCCC1CN(C(=O)NCc2ccc(C(=O)O)cc2)CCO1. The lowest BCUT2D eigenvalue weighted by molar-refractivity contribution is -0.0181. The number of hydrogen-bond acceptors (Lipinski definition) is 3. The first-order valence-corrected chi connectivity index (χ1v) is 7.56. The van der Waals surface area contributed by atoms with E-state index in [0.29, 0.717) is 26.2 Å². The van der Waals surface area contributed by atoms with Crippen molar-refractivity contribution in [3.05, 3.63) is 35.4 Å². The molecule has 6 nitrogen and oxygen atoms in total. The molecule has 2 rings (SSSR count). The molecule has 0 aromatic heterocycles. The van der Waals surface area contributed by atoms with Gasteiger partial charge in [-0.2, -0.15) is 0 Å². The lowest BCUT2D eigenvalue weighted by atomic mass is 10.1. The first-order chi connectivity index (χ1) is 10.6. The third-order valence-electron chi connectivity index (χ3n) is 3.68. The fourth-order valence-electron chi connectivity index (χ4n) is 2.46. The molecule has 120 valence electrons. The lowest BCUT2D eigenvalue weighted by Gasteiger charge is -2.32. The summed E-state index contributed by atoms with van der Waals surface area (Å²) in [4.78, 5) is 24.7. The van der Waals surface area contributed by atoms with Gasteiger partial charge in [-0.25, -0.2) is 9.59 Å². The highest BCUT2D eigenvalue weighted by Crippen LogP contribution is 2.11. The highest BCUT2D eigenvalue weighted by Gasteiger charge is 2.23. The maximum absolute atomic E-state index is 12.2. The number of hydrogen-bond donors (Lipinski definition) is 2. The highest BCUT2D eigenvalue weighted by molar-refractivity contribution is 5.87. The summed E-state index contributed by atoms with van der Waals surface area (Å²) in [7, 11) is 0. The summed E-state index contributed by atoms with van der Waals surface area (Å²) in [6.07, 6.45) is 2.12. The third kappa shape index (κ3) is 4.46. The number of amides is 2. The summed E-state index contributed by atoms with van der Waals surface area (Å²) in [5.74, 6) is -0.953. The van der Waals surface area contributed by atoms with Crippen molar-refractivity contribution in [3.63, 3.8) is 0 Å². The average molecular weight is 306 g/mol. The zero-order valence-electron chi connectivity index (χ0n) is 12.7. The number of carbonyl (C=O) groups excluding carboxylic acids is 1. The van der Waals surface area contributed by atoms with Crippen LogP contribution in [0.25, 0.3) is 0 Å². The van der Waals surface area contributed by atoms with Crippen molar-refractivity contribution in [3.8, 4) is 0 Å². The number of carboxylic acid groups (broad SMARTS) is 1. The van der Waals surface area contributed by atoms with E-state index in [9.17, 15) is 9.59 Å². The van der Waals surface area contributed by atoms with Crippen molar-refractivity contribution in [1.82, 2.24) is 10.2 Å². The van der Waals surface area contributed by atoms with Crippen LogP contribution < -0.4 is 5.32 Å². The Hall–Kier alpha value is -2.08. The number of urea groups is 1. The van der Waals surface area contributed by atoms with Gasteiger partial charge >= 0.3 is 12.0 Å². The zero-order chi connectivity index (χ0) is 15.9. The van der Waals surface area contributed by atoms with Crippen LogP contribution in [-0.2, 0) is 11.3 Å². The van der Waals surface area contributed by atoms with Gasteiger partial charge in [0.25, 0.3) is 0 Å². The fourth-order valence-corrected chi connectivity index (χ4v) is 2.46. The minimum absolute atomic E-state index is 0.105. The Morgan fingerprint density at radius 2 is 2.09 bits per heavy atom. The molecule has 1 atom stereocenters. The van der Waals surface area contributed by atoms with Gasteiger partial charge in [0.05, 0.1) is 18.3 Å². The van der Waals surface area contributed by atoms with Crippen LogP contribution in [0, 0.1) is 0 Å². The topological polar surface area (TPSA) is 78.9 Å². The van der Waals surface area contributed by atoms with Crippen LogP contribution in [0.3, 0.4) is 0 Å². The minimum atomic E-state index is -0.953. The molecule has 2 amide bonds. The zero-order valence-corrected chi connectivity index (χ0v) is 12.7. The van der Waals surface area contributed by atoms with Crippen LogP contribution in [0.2, 0.25) is 0 Å². The van der Waals surface area contributed by atoms with Crippen molar-refractivity contribution in [2.45, 2.75) is 32.4 Å². The molecule has 1 heterocycles. The first-order valence-electron chi connectivity index (χ1n) is 7.56. The second kappa shape index (κ2) is 7.79. The molecule has 0 radical (unpaired) electrons. The quantitative estimate of drug-likeness (QED) is 0.873. The Balaban J connectivity index is 1.83. The van der Waals surface area contributed by atoms with Crippen molar-refractivity contribution < 1.29 is 19.4 Å². The van der Waals surface area contributed by atoms with Gasteiger partial charge in [0.1, 0.15) is 0 Å². The van der Waals surface area contributed by atoms with Crippen molar-refractivity contribution in [1.29, 1.82) is 0 Å². The third-order valence-corrected chi connectivity index (χ3v) is 3.68. The van der Waals surface area contributed by atoms with Gasteiger partial charge in [0, 0.05) is 19.6 Å². The van der Waals surface area contributed by atoms with Crippen LogP contribution in [0.5, 0.6) is 0 Å². The fraction of sp³-hybridized carbons (Fsp3) is 0.500. The molecular formula is C16H22N2O4. The molecule has 1 fully saturated rings. The Kier molecular flexibility index (Phi) is 5.77. The van der Waals surface area contributed by atoms with E-state index in [-0.39, 0.29) is 17.7 Å². The van der Waals surface area contributed by atoms with Gasteiger partial charge in [-0.1, -0.05) is 25.5 Å². The second-order valence-electron chi connectivity index (χ2n) is 5.39. The van der Waals surface area contributed by atoms with Crippen LogP contribution in [-0.4, -0.2) is 47.8 Å². The molecule has 0 saturated carbocycles. The van der Waals surface area contributed by atoms with E-state index in [0.717, 1.165) is 18.4 Å². The van der Waals surface area contributed by atoms with E-state index in [2.05, 4.69) is 12.2 Å². The molecule has 1 saturated heterocycles. The van der Waals surface area contributed by atoms with Crippen LogP contribution in [0.15, 0.2) is 24.3 Å². The summed E-state index contributed by atoms with van der Waals surface area (Å²) in [6.45, 7) is 4.28. The predicted molar refractivity (Wildman–Crippen MR) is 81.9 cm³/mol. The van der Waals surface area contributed by atoms with Gasteiger partial charge in [-0.05, 0) is 24.1 Å². The molecule has 1 aliphatic heterocycles. The summed E-state index contributed by atoms with van der Waals surface area (Å²) in [6, 6.07) is 6.39. The summed E-state index contributed by atoms with van der Waals surface area (Å²) >= 11 is 0. The highest BCUT2D eigenvalue weighted by atomic mass is 16.5. The molecule has 0 aliphatic carbocycles. The number of nitrogens with one attached hydrogen (secondary N) is 1. The van der Waals surface area contributed by atoms with E-state index in [4.69, 9.17) is 9.84 Å². The Bertz CT molecular complexity index is 513. The molecule has 1 unspecified atom stereocenters.